The fourth-order valence-electron chi connectivity index (χ4n) is 3.52. The number of aromatic nitrogens is 2. The molecule has 0 radical (unpaired) electrons. The monoisotopic (exact) mass is 389 g/mol. The van der Waals surface area contributed by atoms with Crippen LogP contribution in [0.25, 0.3) is 11.4 Å². The molecule has 6 nitrogen and oxygen atoms in total. The smallest absolute Gasteiger partial charge is 0.163 e. The van der Waals surface area contributed by atoms with Crippen molar-refractivity contribution in [3.8, 4) is 17.1 Å². The van der Waals surface area contributed by atoms with E-state index in [9.17, 15) is 0 Å². The zero-order valence-electron chi connectivity index (χ0n) is 17.0. The molecule has 0 amide bonds. The summed E-state index contributed by atoms with van der Waals surface area (Å²) in [6, 6.07) is 20.0. The van der Waals surface area contributed by atoms with Gasteiger partial charge in [0.05, 0.1) is 7.11 Å². The van der Waals surface area contributed by atoms with E-state index in [2.05, 4.69) is 22.0 Å². The highest BCUT2D eigenvalue weighted by atomic mass is 16.5. The minimum atomic E-state index is 0.728. The standard InChI is InChI=1S/C23H27N5O/c1-3-27-12-14-28(15-13-27)22-17-21(24-19-10-7-11-20(16-19)29-2)25-23(26-22)18-8-5-4-6-9-18/h4-11,16-17H,3,12-15H2,1-2H3,(H,24,25,26). The first-order valence-corrected chi connectivity index (χ1v) is 10.1. The van der Waals surface area contributed by atoms with Crippen molar-refractivity contribution in [2.45, 2.75) is 6.92 Å². The molecule has 150 valence electrons. The third-order valence-electron chi connectivity index (χ3n) is 5.23. The van der Waals surface area contributed by atoms with E-state index in [1.807, 2.05) is 60.7 Å². The summed E-state index contributed by atoms with van der Waals surface area (Å²) in [6.07, 6.45) is 0. The van der Waals surface area contributed by atoms with Crippen LogP contribution in [0.1, 0.15) is 6.92 Å². The maximum atomic E-state index is 5.34. The van der Waals surface area contributed by atoms with Gasteiger partial charge in [-0.3, -0.25) is 0 Å². The molecule has 1 aromatic heterocycles. The molecule has 2 aromatic carbocycles. The zero-order chi connectivity index (χ0) is 20.1. The lowest BCUT2D eigenvalue weighted by Crippen LogP contribution is -2.46. The maximum Gasteiger partial charge on any atom is 0.163 e. The molecule has 0 spiro atoms. The van der Waals surface area contributed by atoms with E-state index in [4.69, 9.17) is 14.7 Å². The number of anilines is 3. The predicted molar refractivity (Wildman–Crippen MR) is 118 cm³/mol. The molecule has 0 bridgehead atoms. The van der Waals surface area contributed by atoms with Gasteiger partial charge in [-0.25, -0.2) is 9.97 Å². The number of likely N-dealkylation sites (N-methyl/N-ethyl adjacent to an activating group) is 1. The minimum absolute atomic E-state index is 0.728. The third-order valence-corrected chi connectivity index (χ3v) is 5.23. The molecule has 4 rings (SSSR count). The van der Waals surface area contributed by atoms with Crippen molar-refractivity contribution in [1.82, 2.24) is 14.9 Å². The molecule has 29 heavy (non-hydrogen) atoms. The second-order valence-electron chi connectivity index (χ2n) is 7.08. The third kappa shape index (κ3) is 4.66. The molecule has 0 saturated carbocycles. The Labute approximate surface area is 172 Å². The summed E-state index contributed by atoms with van der Waals surface area (Å²) < 4.78 is 5.34. The first-order valence-electron chi connectivity index (χ1n) is 10.1. The zero-order valence-corrected chi connectivity index (χ0v) is 17.0. The summed E-state index contributed by atoms with van der Waals surface area (Å²) in [6.45, 7) is 7.36. The van der Waals surface area contributed by atoms with Crippen molar-refractivity contribution in [2.75, 3.05) is 50.1 Å². The molecule has 0 atom stereocenters. The number of hydrogen-bond acceptors (Lipinski definition) is 6. The number of methoxy groups -OCH3 is 1. The van der Waals surface area contributed by atoms with Crippen LogP contribution in [0.2, 0.25) is 0 Å². The topological polar surface area (TPSA) is 53.5 Å². The lowest BCUT2D eigenvalue weighted by molar-refractivity contribution is 0.270. The van der Waals surface area contributed by atoms with Crippen molar-refractivity contribution in [3.63, 3.8) is 0 Å². The van der Waals surface area contributed by atoms with Gasteiger partial charge in [0.25, 0.3) is 0 Å². The van der Waals surface area contributed by atoms with Gasteiger partial charge in [0.2, 0.25) is 0 Å². The van der Waals surface area contributed by atoms with Crippen LogP contribution in [0.4, 0.5) is 17.3 Å². The Morgan fingerprint density at radius 2 is 1.72 bits per heavy atom. The number of nitrogens with one attached hydrogen (secondary N) is 1. The highest BCUT2D eigenvalue weighted by Gasteiger charge is 2.19. The molecule has 0 aliphatic carbocycles. The van der Waals surface area contributed by atoms with Crippen molar-refractivity contribution >= 4 is 17.3 Å². The molecule has 2 heterocycles. The van der Waals surface area contributed by atoms with E-state index in [-0.39, 0.29) is 0 Å². The van der Waals surface area contributed by atoms with Crippen LogP contribution in [0, 0.1) is 0 Å². The van der Waals surface area contributed by atoms with E-state index in [1.165, 1.54) is 0 Å². The van der Waals surface area contributed by atoms with Gasteiger partial charge in [0.15, 0.2) is 5.82 Å². The maximum absolute atomic E-state index is 5.34. The highest BCUT2D eigenvalue weighted by Crippen LogP contribution is 2.26. The first kappa shape index (κ1) is 19.2. The van der Waals surface area contributed by atoms with Gasteiger partial charge in [0, 0.05) is 49.6 Å². The highest BCUT2D eigenvalue weighted by molar-refractivity contribution is 5.66. The molecule has 1 aliphatic rings. The summed E-state index contributed by atoms with van der Waals surface area (Å²) >= 11 is 0. The van der Waals surface area contributed by atoms with Crippen molar-refractivity contribution in [3.05, 3.63) is 60.7 Å². The van der Waals surface area contributed by atoms with E-state index < -0.39 is 0 Å². The van der Waals surface area contributed by atoms with Crippen molar-refractivity contribution in [1.29, 1.82) is 0 Å². The molecule has 0 unspecified atom stereocenters. The van der Waals surface area contributed by atoms with Crippen LogP contribution in [0.3, 0.4) is 0 Å². The largest absolute Gasteiger partial charge is 0.497 e. The number of nitrogens with zero attached hydrogens (tertiary/aromatic N) is 4. The predicted octanol–water partition coefficient (Wildman–Crippen LogP) is 4.04. The molecular formula is C23H27N5O. The Balaban J connectivity index is 1.66. The average Bonchev–Trinajstić information content (AvgIpc) is 2.79. The second-order valence-corrected chi connectivity index (χ2v) is 7.08. The summed E-state index contributed by atoms with van der Waals surface area (Å²) in [4.78, 5) is 14.5. The van der Waals surface area contributed by atoms with Crippen LogP contribution in [-0.4, -0.2) is 54.7 Å². The molecule has 1 aliphatic heterocycles. The van der Waals surface area contributed by atoms with E-state index in [1.54, 1.807) is 7.11 Å². The lowest BCUT2D eigenvalue weighted by Gasteiger charge is -2.35. The fourth-order valence-corrected chi connectivity index (χ4v) is 3.52. The average molecular weight is 390 g/mol. The Bertz CT molecular complexity index is 939. The van der Waals surface area contributed by atoms with Gasteiger partial charge >= 0.3 is 0 Å². The van der Waals surface area contributed by atoms with Gasteiger partial charge in [-0.1, -0.05) is 43.3 Å². The summed E-state index contributed by atoms with van der Waals surface area (Å²) in [5.41, 5.74) is 1.94. The van der Waals surface area contributed by atoms with Gasteiger partial charge in [-0.15, -0.1) is 0 Å². The first-order chi connectivity index (χ1) is 14.2. The number of rotatable bonds is 6. The molecule has 1 saturated heterocycles. The van der Waals surface area contributed by atoms with E-state index in [0.717, 1.165) is 67.2 Å². The number of hydrogen-bond donors (Lipinski definition) is 1. The lowest BCUT2D eigenvalue weighted by atomic mass is 10.2. The quantitative estimate of drug-likeness (QED) is 0.687. The van der Waals surface area contributed by atoms with Crippen LogP contribution in [0.5, 0.6) is 5.75 Å². The number of piperazine rings is 1. The summed E-state index contributed by atoms with van der Waals surface area (Å²) in [5, 5.41) is 3.42. The van der Waals surface area contributed by atoms with Crippen LogP contribution in [-0.2, 0) is 0 Å². The molecule has 3 aromatic rings. The van der Waals surface area contributed by atoms with Gasteiger partial charge in [-0.2, -0.15) is 0 Å². The summed E-state index contributed by atoms with van der Waals surface area (Å²) in [5.74, 6) is 3.27. The van der Waals surface area contributed by atoms with Gasteiger partial charge in [-0.05, 0) is 18.7 Å². The Morgan fingerprint density at radius 1 is 0.931 bits per heavy atom. The van der Waals surface area contributed by atoms with E-state index >= 15 is 0 Å². The molecule has 1 fully saturated rings. The fraction of sp³-hybridized carbons (Fsp3) is 0.304. The van der Waals surface area contributed by atoms with Gasteiger partial charge in [0.1, 0.15) is 17.4 Å². The van der Waals surface area contributed by atoms with Crippen LogP contribution in [0.15, 0.2) is 60.7 Å². The molecule has 6 heteroatoms. The van der Waals surface area contributed by atoms with Gasteiger partial charge < -0.3 is 19.9 Å². The Morgan fingerprint density at radius 3 is 2.45 bits per heavy atom. The SMILES string of the molecule is CCN1CCN(c2cc(Nc3cccc(OC)c3)nc(-c3ccccc3)n2)CC1. The minimum Gasteiger partial charge on any atom is -0.497 e. The molecular weight excluding hydrogens is 362 g/mol. The van der Waals surface area contributed by atoms with Crippen LogP contribution < -0.4 is 15.0 Å². The van der Waals surface area contributed by atoms with Crippen molar-refractivity contribution < 1.29 is 4.74 Å². The normalized spacial score (nSPS) is 14.6. The van der Waals surface area contributed by atoms with E-state index in [0.29, 0.717) is 0 Å². The Kier molecular flexibility index (Phi) is 5.91. The number of ether oxygens (including phenoxy) is 1. The summed E-state index contributed by atoms with van der Waals surface area (Å²) in [7, 11) is 1.67. The number of benzene rings is 2. The second kappa shape index (κ2) is 8.92. The van der Waals surface area contributed by atoms with Crippen LogP contribution >= 0.6 is 0 Å². The Hall–Kier alpha value is -3.12. The van der Waals surface area contributed by atoms with Crippen molar-refractivity contribution in [2.24, 2.45) is 0 Å². The molecule has 1 N–H and O–H groups in total.